The third kappa shape index (κ3) is 5.83. The third-order valence-electron chi connectivity index (χ3n) is 3.30. The molecule has 0 unspecified atom stereocenters. The second kappa shape index (κ2) is 10.2. The number of nitrogens with one attached hydrogen (secondary N) is 1. The van der Waals surface area contributed by atoms with E-state index < -0.39 is 0 Å². The van der Waals surface area contributed by atoms with Crippen molar-refractivity contribution in [3.63, 3.8) is 0 Å². The Morgan fingerprint density at radius 3 is 2.32 bits per heavy atom. The lowest BCUT2D eigenvalue weighted by Crippen LogP contribution is -2.16. The Balaban J connectivity index is 0.00000312. The molecule has 0 atom stereocenters. The molecule has 0 aliphatic heterocycles. The Morgan fingerprint density at radius 2 is 1.72 bits per heavy atom. The lowest BCUT2D eigenvalue weighted by molar-refractivity contribution is -0.115. The normalized spacial score (nSPS) is 9.88. The predicted octanol–water partition coefficient (Wildman–Crippen LogP) is 4.43. The van der Waals surface area contributed by atoms with Gasteiger partial charge in [0.25, 0.3) is 0 Å². The fourth-order valence-corrected chi connectivity index (χ4v) is 2.69. The minimum Gasteiger partial charge on any atom is -0.490 e. The summed E-state index contributed by atoms with van der Waals surface area (Å²) in [5, 5.41) is 2.82. The summed E-state index contributed by atoms with van der Waals surface area (Å²) in [6, 6.07) is 10.8. The van der Waals surface area contributed by atoms with Gasteiger partial charge in [0.2, 0.25) is 5.91 Å². The molecule has 0 fully saturated rings. The van der Waals surface area contributed by atoms with E-state index in [-0.39, 0.29) is 24.7 Å². The van der Waals surface area contributed by atoms with Crippen LogP contribution in [0.3, 0.4) is 0 Å². The number of ether oxygens (including phenoxy) is 2. The number of hydrogen-bond donors (Lipinski definition) is 2. The number of anilines is 2. The zero-order chi connectivity index (χ0) is 17.5. The van der Waals surface area contributed by atoms with Crippen LogP contribution >= 0.6 is 28.3 Å². The molecule has 5 nitrogen and oxygen atoms in total. The summed E-state index contributed by atoms with van der Waals surface area (Å²) in [7, 11) is 0. The Kier molecular flexibility index (Phi) is 8.58. The Labute approximate surface area is 162 Å². The minimum absolute atomic E-state index is 0. The molecular weight excluding hydrogens is 408 g/mol. The summed E-state index contributed by atoms with van der Waals surface area (Å²) in [6.07, 6.45) is 0.196. The van der Waals surface area contributed by atoms with Gasteiger partial charge in [-0.1, -0.05) is 28.1 Å². The maximum absolute atomic E-state index is 12.3. The monoisotopic (exact) mass is 428 g/mol. The zero-order valence-corrected chi connectivity index (χ0v) is 16.6. The average molecular weight is 430 g/mol. The van der Waals surface area contributed by atoms with Crippen molar-refractivity contribution in [3.05, 3.63) is 46.4 Å². The number of hydrogen-bond acceptors (Lipinski definition) is 4. The first-order valence-electron chi connectivity index (χ1n) is 7.77. The van der Waals surface area contributed by atoms with Crippen LogP contribution in [0.2, 0.25) is 0 Å². The number of para-hydroxylation sites is 2. The Morgan fingerprint density at radius 1 is 1.12 bits per heavy atom. The van der Waals surface area contributed by atoms with Crippen molar-refractivity contribution in [3.8, 4) is 11.5 Å². The van der Waals surface area contributed by atoms with Crippen molar-refractivity contribution in [1.82, 2.24) is 0 Å². The topological polar surface area (TPSA) is 73.6 Å². The lowest BCUT2D eigenvalue weighted by atomic mass is 10.1. The van der Waals surface area contributed by atoms with E-state index in [1.807, 2.05) is 38.1 Å². The number of amides is 1. The van der Waals surface area contributed by atoms with E-state index in [1.165, 1.54) is 0 Å². The maximum Gasteiger partial charge on any atom is 0.228 e. The van der Waals surface area contributed by atoms with E-state index in [0.717, 1.165) is 10.0 Å². The molecule has 0 saturated heterocycles. The van der Waals surface area contributed by atoms with Crippen LogP contribution in [0.25, 0.3) is 0 Å². The van der Waals surface area contributed by atoms with E-state index in [1.54, 1.807) is 12.1 Å². The molecular formula is C18H22BrClN2O3. The molecule has 0 spiro atoms. The van der Waals surface area contributed by atoms with E-state index in [9.17, 15) is 4.79 Å². The summed E-state index contributed by atoms with van der Waals surface area (Å²) in [6.45, 7) is 4.88. The van der Waals surface area contributed by atoms with Crippen LogP contribution in [-0.4, -0.2) is 19.1 Å². The molecule has 0 heterocycles. The highest BCUT2D eigenvalue weighted by atomic mass is 79.9. The first-order valence-corrected chi connectivity index (χ1v) is 8.56. The van der Waals surface area contributed by atoms with E-state index in [2.05, 4.69) is 21.2 Å². The van der Waals surface area contributed by atoms with Crippen molar-refractivity contribution in [2.45, 2.75) is 20.3 Å². The molecule has 7 heteroatoms. The number of nitrogens with two attached hydrogens (primary N) is 1. The number of nitrogen functional groups attached to an aromatic ring is 1. The molecule has 2 aromatic carbocycles. The summed E-state index contributed by atoms with van der Waals surface area (Å²) in [5.74, 6) is 1.13. The summed E-state index contributed by atoms with van der Waals surface area (Å²) in [4.78, 5) is 12.3. The third-order valence-corrected chi connectivity index (χ3v) is 4.04. The zero-order valence-electron chi connectivity index (χ0n) is 14.2. The second-order valence-electron chi connectivity index (χ2n) is 5.07. The van der Waals surface area contributed by atoms with Gasteiger partial charge in [-0.2, -0.15) is 0 Å². The van der Waals surface area contributed by atoms with Crippen LogP contribution in [0.1, 0.15) is 19.4 Å². The summed E-state index contributed by atoms with van der Waals surface area (Å²) < 4.78 is 12.0. The fraction of sp³-hybridized carbons (Fsp3) is 0.278. The van der Waals surface area contributed by atoms with Crippen molar-refractivity contribution in [2.75, 3.05) is 24.3 Å². The fourth-order valence-electron chi connectivity index (χ4n) is 2.23. The SMILES string of the molecule is CCOc1cc(Br)c(CC(=O)Nc2ccccc2N)cc1OCC.Cl. The number of benzene rings is 2. The van der Waals surface area contributed by atoms with Crippen LogP contribution in [0.4, 0.5) is 11.4 Å². The lowest BCUT2D eigenvalue weighted by Gasteiger charge is -2.14. The molecule has 2 rings (SSSR count). The molecule has 0 bridgehead atoms. The van der Waals surface area contributed by atoms with Gasteiger partial charge in [-0.25, -0.2) is 0 Å². The number of carbonyl (C=O) groups excluding carboxylic acids is 1. The summed E-state index contributed by atoms with van der Waals surface area (Å²) in [5.41, 5.74) is 7.80. The molecule has 136 valence electrons. The molecule has 0 saturated carbocycles. The van der Waals surface area contributed by atoms with Crippen LogP contribution in [-0.2, 0) is 11.2 Å². The summed E-state index contributed by atoms with van der Waals surface area (Å²) >= 11 is 3.49. The molecule has 1 amide bonds. The van der Waals surface area contributed by atoms with Gasteiger partial charge in [0.1, 0.15) is 0 Å². The van der Waals surface area contributed by atoms with Gasteiger partial charge in [0.05, 0.1) is 31.0 Å². The Bertz CT molecular complexity index is 725. The van der Waals surface area contributed by atoms with Crippen LogP contribution in [0, 0.1) is 0 Å². The molecule has 0 aliphatic rings. The van der Waals surface area contributed by atoms with Crippen LogP contribution < -0.4 is 20.5 Å². The molecule has 25 heavy (non-hydrogen) atoms. The van der Waals surface area contributed by atoms with Gasteiger partial charge >= 0.3 is 0 Å². The van der Waals surface area contributed by atoms with E-state index in [4.69, 9.17) is 15.2 Å². The van der Waals surface area contributed by atoms with E-state index in [0.29, 0.717) is 36.1 Å². The first-order chi connectivity index (χ1) is 11.5. The maximum atomic E-state index is 12.3. The molecule has 0 aliphatic carbocycles. The van der Waals surface area contributed by atoms with Crippen molar-refractivity contribution < 1.29 is 14.3 Å². The number of rotatable bonds is 7. The van der Waals surface area contributed by atoms with Crippen molar-refractivity contribution in [2.24, 2.45) is 0 Å². The first kappa shape index (κ1) is 21.1. The van der Waals surface area contributed by atoms with Crippen LogP contribution in [0.5, 0.6) is 11.5 Å². The van der Waals surface area contributed by atoms with Crippen molar-refractivity contribution in [1.29, 1.82) is 0 Å². The van der Waals surface area contributed by atoms with Gasteiger partial charge in [-0.3, -0.25) is 4.79 Å². The van der Waals surface area contributed by atoms with Gasteiger partial charge in [-0.05, 0) is 43.7 Å². The van der Waals surface area contributed by atoms with Crippen molar-refractivity contribution >= 4 is 45.6 Å². The van der Waals surface area contributed by atoms with E-state index >= 15 is 0 Å². The predicted molar refractivity (Wildman–Crippen MR) is 107 cm³/mol. The Hall–Kier alpha value is -1.92. The second-order valence-corrected chi connectivity index (χ2v) is 5.92. The smallest absolute Gasteiger partial charge is 0.228 e. The highest BCUT2D eigenvalue weighted by molar-refractivity contribution is 9.10. The standard InChI is InChI=1S/C18H21BrN2O3.ClH/c1-3-23-16-9-12(13(19)11-17(16)24-4-2)10-18(22)21-15-8-6-5-7-14(15)20;/h5-9,11H,3-4,10,20H2,1-2H3,(H,21,22);1H. The van der Waals surface area contributed by atoms with Gasteiger partial charge in [0, 0.05) is 4.47 Å². The quantitative estimate of drug-likeness (QED) is 0.639. The van der Waals surface area contributed by atoms with Crippen LogP contribution in [0.15, 0.2) is 40.9 Å². The molecule has 2 aromatic rings. The molecule has 0 aromatic heterocycles. The molecule has 0 radical (unpaired) electrons. The largest absolute Gasteiger partial charge is 0.490 e. The highest BCUT2D eigenvalue weighted by Crippen LogP contribution is 2.34. The minimum atomic E-state index is -0.153. The average Bonchev–Trinajstić information content (AvgIpc) is 2.54. The van der Waals surface area contributed by atoms with Gasteiger partial charge < -0.3 is 20.5 Å². The highest BCUT2D eigenvalue weighted by Gasteiger charge is 2.14. The van der Waals surface area contributed by atoms with Gasteiger partial charge in [-0.15, -0.1) is 12.4 Å². The number of carbonyl (C=O) groups is 1. The number of halogens is 2. The molecule has 3 N–H and O–H groups in total. The van der Waals surface area contributed by atoms with Gasteiger partial charge in [0.15, 0.2) is 11.5 Å².